The molecule has 1 aliphatic carbocycles. The van der Waals surface area contributed by atoms with Crippen LogP contribution in [-0.4, -0.2) is 22.3 Å². The second-order valence-electron chi connectivity index (χ2n) is 7.65. The Balaban J connectivity index is 1.65. The van der Waals surface area contributed by atoms with Crippen molar-refractivity contribution in [2.75, 3.05) is 0 Å². The normalized spacial score (nSPS) is 12.6. The largest absolute Gasteiger partial charge is 0.502 e. The van der Waals surface area contributed by atoms with E-state index in [4.69, 9.17) is 20.6 Å². The van der Waals surface area contributed by atoms with Crippen LogP contribution in [0.3, 0.4) is 0 Å². The number of allylic oxidation sites excluding steroid dienone is 1. The standard InChI is InChI=1S/C24H23N3O3/c1-14(2)28-21-12-10-17-18(21)7-6-8-19(17)23-26-24(30-27-23)16-9-11-22(29-15(3)4)20(13-16)25-5/h6-9,11-15H,10H2,1-4H3. The fourth-order valence-corrected chi connectivity index (χ4v) is 3.46. The maximum atomic E-state index is 7.44. The Kier molecular flexibility index (Phi) is 5.28. The van der Waals surface area contributed by atoms with E-state index in [0.29, 0.717) is 28.7 Å². The van der Waals surface area contributed by atoms with Gasteiger partial charge in [0.15, 0.2) is 0 Å². The molecule has 0 saturated heterocycles. The lowest BCUT2D eigenvalue weighted by Gasteiger charge is -2.12. The van der Waals surface area contributed by atoms with E-state index < -0.39 is 0 Å². The predicted molar refractivity (Wildman–Crippen MR) is 115 cm³/mol. The van der Waals surface area contributed by atoms with Crippen molar-refractivity contribution in [3.8, 4) is 28.6 Å². The molecule has 1 heterocycles. The minimum atomic E-state index is -0.00953. The van der Waals surface area contributed by atoms with Crippen LogP contribution >= 0.6 is 0 Å². The van der Waals surface area contributed by atoms with E-state index in [1.54, 1.807) is 12.1 Å². The van der Waals surface area contributed by atoms with Crippen LogP contribution in [0.2, 0.25) is 0 Å². The Morgan fingerprint density at radius 2 is 1.80 bits per heavy atom. The zero-order valence-corrected chi connectivity index (χ0v) is 17.5. The summed E-state index contributed by atoms with van der Waals surface area (Å²) in [6.07, 6.45) is 2.96. The Hall–Kier alpha value is -3.59. The lowest BCUT2D eigenvalue weighted by atomic mass is 10.0. The summed E-state index contributed by atoms with van der Waals surface area (Å²) in [4.78, 5) is 8.16. The van der Waals surface area contributed by atoms with E-state index in [1.165, 1.54) is 0 Å². The smallest absolute Gasteiger partial charge is 0.256 e. The van der Waals surface area contributed by atoms with Gasteiger partial charge in [0.2, 0.25) is 11.5 Å². The summed E-state index contributed by atoms with van der Waals surface area (Å²) >= 11 is 0. The van der Waals surface area contributed by atoms with Gasteiger partial charge in [-0.15, -0.1) is 0 Å². The zero-order valence-electron chi connectivity index (χ0n) is 17.5. The molecular weight excluding hydrogens is 378 g/mol. The number of hydrogen-bond acceptors (Lipinski definition) is 5. The Labute approximate surface area is 176 Å². The molecule has 0 N–H and O–H groups in total. The molecule has 6 heteroatoms. The number of rotatable bonds is 6. The van der Waals surface area contributed by atoms with Crippen molar-refractivity contribution in [1.82, 2.24) is 10.1 Å². The molecule has 0 spiro atoms. The van der Waals surface area contributed by atoms with Crippen LogP contribution < -0.4 is 4.74 Å². The van der Waals surface area contributed by atoms with Crippen molar-refractivity contribution < 1.29 is 14.0 Å². The highest BCUT2D eigenvalue weighted by molar-refractivity contribution is 5.77. The molecule has 0 aliphatic heterocycles. The molecule has 3 aromatic rings. The highest BCUT2D eigenvalue weighted by Gasteiger charge is 2.22. The number of fused-ring (bicyclic) bond motifs is 1. The van der Waals surface area contributed by atoms with Crippen molar-refractivity contribution in [2.45, 2.75) is 46.3 Å². The van der Waals surface area contributed by atoms with E-state index in [0.717, 1.165) is 28.9 Å². The quantitative estimate of drug-likeness (QED) is 0.470. The first-order chi connectivity index (χ1) is 14.5. The van der Waals surface area contributed by atoms with Crippen molar-refractivity contribution in [3.63, 3.8) is 0 Å². The summed E-state index contributed by atoms with van der Waals surface area (Å²) in [5.41, 5.74) is 4.22. The fraction of sp³-hybridized carbons (Fsp3) is 0.292. The Morgan fingerprint density at radius 3 is 2.53 bits per heavy atom. The van der Waals surface area contributed by atoms with Gasteiger partial charge in [0.1, 0.15) is 11.5 Å². The maximum Gasteiger partial charge on any atom is 0.256 e. The van der Waals surface area contributed by atoms with E-state index in [2.05, 4.69) is 27.1 Å². The molecule has 1 aliphatic rings. The third-order valence-corrected chi connectivity index (χ3v) is 4.65. The van der Waals surface area contributed by atoms with Crippen LogP contribution in [0.1, 0.15) is 38.8 Å². The molecule has 0 saturated carbocycles. The lowest BCUT2D eigenvalue weighted by Crippen LogP contribution is -2.05. The average molecular weight is 401 g/mol. The minimum absolute atomic E-state index is 0.00953. The molecule has 6 nitrogen and oxygen atoms in total. The summed E-state index contributed by atoms with van der Waals surface area (Å²) in [6, 6.07) is 11.3. The highest BCUT2D eigenvalue weighted by atomic mass is 16.5. The van der Waals surface area contributed by atoms with Gasteiger partial charge in [0, 0.05) is 16.7 Å². The number of aromatic nitrogens is 2. The lowest BCUT2D eigenvalue weighted by molar-refractivity contribution is 0.204. The topological polar surface area (TPSA) is 61.7 Å². The second-order valence-corrected chi connectivity index (χ2v) is 7.65. The van der Waals surface area contributed by atoms with Gasteiger partial charge in [-0.05, 0) is 64.0 Å². The van der Waals surface area contributed by atoms with E-state index >= 15 is 0 Å². The summed E-state index contributed by atoms with van der Waals surface area (Å²) in [7, 11) is 0. The van der Waals surface area contributed by atoms with Crippen LogP contribution in [0.5, 0.6) is 5.75 Å². The van der Waals surface area contributed by atoms with E-state index in [-0.39, 0.29) is 12.2 Å². The monoisotopic (exact) mass is 401 g/mol. The molecule has 1 aromatic heterocycles. The molecule has 2 aromatic carbocycles. The van der Waals surface area contributed by atoms with Crippen LogP contribution in [-0.2, 0) is 11.2 Å². The van der Waals surface area contributed by atoms with E-state index in [9.17, 15) is 0 Å². The predicted octanol–water partition coefficient (Wildman–Crippen LogP) is 6.06. The molecule has 0 atom stereocenters. The third kappa shape index (κ3) is 3.79. The van der Waals surface area contributed by atoms with Gasteiger partial charge in [0.25, 0.3) is 5.89 Å². The Morgan fingerprint density at radius 1 is 1.03 bits per heavy atom. The Bertz CT molecular complexity index is 1150. The minimum Gasteiger partial charge on any atom is -0.502 e. The first-order valence-electron chi connectivity index (χ1n) is 9.98. The summed E-state index contributed by atoms with van der Waals surface area (Å²) < 4.78 is 17.1. The molecule has 0 amide bonds. The number of hydrogen-bond donors (Lipinski definition) is 0. The number of ether oxygens (including phenoxy) is 2. The first-order valence-corrected chi connectivity index (χ1v) is 9.98. The van der Waals surface area contributed by atoms with Crippen LogP contribution in [0.15, 0.2) is 47.0 Å². The molecule has 0 bridgehead atoms. The van der Waals surface area contributed by atoms with E-state index in [1.807, 2.05) is 45.9 Å². The van der Waals surface area contributed by atoms with Gasteiger partial charge in [0.05, 0.1) is 18.8 Å². The first kappa shape index (κ1) is 19.7. The average Bonchev–Trinajstić information content (AvgIpc) is 3.35. The third-order valence-electron chi connectivity index (χ3n) is 4.65. The number of benzene rings is 2. The van der Waals surface area contributed by atoms with Gasteiger partial charge in [-0.3, -0.25) is 0 Å². The number of nitrogens with zero attached hydrogens (tertiary/aromatic N) is 3. The second kappa shape index (κ2) is 8.03. The fourth-order valence-electron chi connectivity index (χ4n) is 3.46. The van der Waals surface area contributed by atoms with Crippen molar-refractivity contribution in [2.24, 2.45) is 0 Å². The van der Waals surface area contributed by atoms with Gasteiger partial charge < -0.3 is 14.0 Å². The van der Waals surface area contributed by atoms with Crippen LogP contribution in [0.25, 0.3) is 33.4 Å². The molecular formula is C24H23N3O3. The van der Waals surface area contributed by atoms with Gasteiger partial charge in [-0.1, -0.05) is 23.4 Å². The molecule has 30 heavy (non-hydrogen) atoms. The summed E-state index contributed by atoms with van der Waals surface area (Å²) in [5.74, 6) is 2.34. The molecule has 0 fully saturated rings. The highest BCUT2D eigenvalue weighted by Crippen LogP contribution is 2.37. The zero-order chi connectivity index (χ0) is 21.3. The SMILES string of the molecule is [C-]#[N+]c1cc(-c2nc(-c3cccc4c3CC=C4OC(C)C)no2)ccc1OC(C)C. The maximum absolute atomic E-state index is 7.44. The molecule has 4 rings (SSSR count). The van der Waals surface area contributed by atoms with Gasteiger partial charge in [-0.2, -0.15) is 4.98 Å². The molecule has 0 unspecified atom stereocenters. The summed E-state index contributed by atoms with van der Waals surface area (Å²) in [5, 5.41) is 4.19. The van der Waals surface area contributed by atoms with Gasteiger partial charge in [-0.25, -0.2) is 4.85 Å². The summed E-state index contributed by atoms with van der Waals surface area (Å²) in [6.45, 7) is 15.3. The molecule has 0 radical (unpaired) electrons. The van der Waals surface area contributed by atoms with Crippen LogP contribution in [0.4, 0.5) is 5.69 Å². The van der Waals surface area contributed by atoms with Gasteiger partial charge >= 0.3 is 0 Å². The van der Waals surface area contributed by atoms with Crippen molar-refractivity contribution >= 4 is 11.4 Å². The molecule has 152 valence electrons. The van der Waals surface area contributed by atoms with Crippen molar-refractivity contribution in [3.05, 3.63) is 65.0 Å². The van der Waals surface area contributed by atoms with Crippen LogP contribution in [0, 0.1) is 6.57 Å². The van der Waals surface area contributed by atoms with Crippen molar-refractivity contribution in [1.29, 1.82) is 0 Å².